The zero-order valence-corrected chi connectivity index (χ0v) is 18.8. The highest BCUT2D eigenvalue weighted by molar-refractivity contribution is 5.89. The van der Waals surface area contributed by atoms with E-state index >= 15 is 0 Å². The van der Waals surface area contributed by atoms with E-state index < -0.39 is 11.6 Å². The Morgan fingerprint density at radius 2 is 1.76 bits per heavy atom. The normalized spacial score (nSPS) is 10.8. The van der Waals surface area contributed by atoms with Crippen LogP contribution in [0.5, 0.6) is 5.75 Å². The molecule has 1 heterocycles. The molecule has 0 N–H and O–H groups in total. The van der Waals surface area contributed by atoms with Gasteiger partial charge in [-0.1, -0.05) is 12.1 Å². The van der Waals surface area contributed by atoms with Gasteiger partial charge in [0, 0.05) is 31.0 Å². The molecule has 8 heteroatoms. The standard InChI is InChI=1S/C25H26O8/c1-16-12-24(27)33-22-14-21(32-15-17-4-6-18(7-5-17)25(28)30-3)19(13-20(16)22)8-9-23(26)31-11-10-29-2/h4-7,12-14H,8-11,15H2,1-3H3. The summed E-state index contributed by atoms with van der Waals surface area (Å²) in [6.07, 6.45) is 0.548. The Labute approximate surface area is 191 Å². The number of carbonyl (C=O) groups is 2. The average molecular weight is 454 g/mol. The number of carbonyl (C=O) groups excluding carboxylic acids is 2. The third-order valence-corrected chi connectivity index (χ3v) is 5.05. The van der Waals surface area contributed by atoms with Crippen LogP contribution < -0.4 is 10.4 Å². The van der Waals surface area contributed by atoms with E-state index in [1.165, 1.54) is 20.3 Å². The maximum Gasteiger partial charge on any atom is 0.337 e. The average Bonchev–Trinajstić information content (AvgIpc) is 2.81. The van der Waals surface area contributed by atoms with Crippen LogP contribution in [0.25, 0.3) is 11.0 Å². The molecular formula is C25H26O8. The molecule has 0 aliphatic carbocycles. The lowest BCUT2D eigenvalue weighted by Gasteiger charge is -2.14. The minimum absolute atomic E-state index is 0.162. The van der Waals surface area contributed by atoms with Crippen molar-refractivity contribution in [2.45, 2.75) is 26.4 Å². The van der Waals surface area contributed by atoms with Crippen molar-refractivity contribution in [1.82, 2.24) is 0 Å². The molecule has 1 aromatic heterocycles. The highest BCUT2D eigenvalue weighted by Crippen LogP contribution is 2.29. The zero-order valence-electron chi connectivity index (χ0n) is 18.8. The van der Waals surface area contributed by atoms with E-state index in [1.807, 2.05) is 13.0 Å². The van der Waals surface area contributed by atoms with Gasteiger partial charge in [-0.25, -0.2) is 9.59 Å². The highest BCUT2D eigenvalue weighted by Gasteiger charge is 2.14. The Morgan fingerprint density at radius 1 is 1.00 bits per heavy atom. The lowest BCUT2D eigenvalue weighted by molar-refractivity contribution is -0.144. The van der Waals surface area contributed by atoms with Gasteiger partial charge >= 0.3 is 17.6 Å². The number of benzene rings is 2. The number of esters is 2. The minimum atomic E-state index is -0.446. The summed E-state index contributed by atoms with van der Waals surface area (Å²) in [6.45, 7) is 2.57. The van der Waals surface area contributed by atoms with Crippen molar-refractivity contribution >= 4 is 22.9 Å². The van der Waals surface area contributed by atoms with Crippen LogP contribution in [-0.4, -0.2) is 39.4 Å². The van der Waals surface area contributed by atoms with Crippen molar-refractivity contribution in [2.24, 2.45) is 0 Å². The van der Waals surface area contributed by atoms with Crippen LogP contribution in [-0.2, 0) is 32.0 Å². The van der Waals surface area contributed by atoms with Crippen LogP contribution in [0, 0.1) is 6.92 Å². The second-order valence-electron chi connectivity index (χ2n) is 7.39. The zero-order chi connectivity index (χ0) is 23.8. The summed E-state index contributed by atoms with van der Waals surface area (Å²) in [5.74, 6) is -0.257. The molecule has 8 nitrogen and oxygen atoms in total. The van der Waals surface area contributed by atoms with E-state index in [0.29, 0.717) is 29.9 Å². The van der Waals surface area contributed by atoms with Crippen LogP contribution in [0.1, 0.15) is 33.5 Å². The summed E-state index contributed by atoms with van der Waals surface area (Å²) in [4.78, 5) is 35.5. The number of ether oxygens (including phenoxy) is 4. The Morgan fingerprint density at radius 3 is 2.45 bits per heavy atom. The molecule has 3 rings (SSSR count). The summed E-state index contributed by atoms with van der Waals surface area (Å²) >= 11 is 0. The van der Waals surface area contributed by atoms with E-state index in [-0.39, 0.29) is 25.6 Å². The van der Waals surface area contributed by atoms with Gasteiger partial charge in [-0.2, -0.15) is 0 Å². The molecule has 0 unspecified atom stereocenters. The molecule has 0 amide bonds. The van der Waals surface area contributed by atoms with Crippen molar-refractivity contribution in [2.75, 3.05) is 27.4 Å². The second kappa shape index (κ2) is 11.3. The summed E-state index contributed by atoms with van der Waals surface area (Å²) in [5.41, 5.74) is 2.79. The van der Waals surface area contributed by atoms with E-state index in [9.17, 15) is 14.4 Å². The van der Waals surface area contributed by atoms with Crippen LogP contribution in [0.3, 0.4) is 0 Å². The molecular weight excluding hydrogens is 428 g/mol. The number of rotatable bonds is 10. The van der Waals surface area contributed by atoms with Crippen LogP contribution in [0.4, 0.5) is 0 Å². The lowest BCUT2D eigenvalue weighted by atomic mass is 10.0. The van der Waals surface area contributed by atoms with Gasteiger partial charge in [0.2, 0.25) is 0 Å². The van der Waals surface area contributed by atoms with E-state index in [4.69, 9.17) is 23.4 Å². The van der Waals surface area contributed by atoms with Gasteiger partial charge in [-0.3, -0.25) is 4.79 Å². The molecule has 33 heavy (non-hydrogen) atoms. The first-order valence-corrected chi connectivity index (χ1v) is 10.4. The minimum Gasteiger partial charge on any atom is -0.488 e. The van der Waals surface area contributed by atoms with Gasteiger partial charge in [-0.05, 0) is 48.2 Å². The fourth-order valence-corrected chi connectivity index (χ4v) is 3.28. The van der Waals surface area contributed by atoms with Gasteiger partial charge in [0.1, 0.15) is 24.5 Å². The van der Waals surface area contributed by atoms with Crippen LogP contribution in [0.15, 0.2) is 51.7 Å². The molecule has 0 saturated heterocycles. The SMILES string of the molecule is COCCOC(=O)CCc1cc2c(C)cc(=O)oc2cc1OCc1ccc(C(=O)OC)cc1. The van der Waals surface area contributed by atoms with Crippen molar-refractivity contribution in [3.8, 4) is 5.75 Å². The Kier molecular flexibility index (Phi) is 8.21. The molecule has 2 aromatic carbocycles. The lowest BCUT2D eigenvalue weighted by Crippen LogP contribution is -2.11. The van der Waals surface area contributed by atoms with Gasteiger partial charge < -0.3 is 23.4 Å². The maximum absolute atomic E-state index is 12.1. The van der Waals surface area contributed by atoms with E-state index in [2.05, 4.69) is 0 Å². The van der Waals surface area contributed by atoms with Gasteiger partial charge in [0.25, 0.3) is 0 Å². The highest BCUT2D eigenvalue weighted by atomic mass is 16.6. The number of aryl methyl sites for hydroxylation is 2. The number of hydrogen-bond acceptors (Lipinski definition) is 8. The fourth-order valence-electron chi connectivity index (χ4n) is 3.28. The Hall–Kier alpha value is -3.65. The smallest absolute Gasteiger partial charge is 0.337 e. The first-order chi connectivity index (χ1) is 15.9. The van der Waals surface area contributed by atoms with Crippen LogP contribution in [0.2, 0.25) is 0 Å². The third kappa shape index (κ3) is 6.43. The van der Waals surface area contributed by atoms with E-state index in [1.54, 1.807) is 30.3 Å². The molecule has 0 aliphatic heterocycles. The van der Waals surface area contributed by atoms with E-state index in [0.717, 1.165) is 22.1 Å². The first kappa shape index (κ1) is 24.0. The second-order valence-corrected chi connectivity index (χ2v) is 7.39. The molecule has 0 aliphatic rings. The van der Waals surface area contributed by atoms with Gasteiger partial charge in [-0.15, -0.1) is 0 Å². The van der Waals surface area contributed by atoms with Crippen molar-refractivity contribution in [1.29, 1.82) is 0 Å². The predicted molar refractivity (Wildman–Crippen MR) is 120 cm³/mol. The third-order valence-electron chi connectivity index (χ3n) is 5.05. The first-order valence-electron chi connectivity index (χ1n) is 10.4. The Balaban J connectivity index is 1.81. The van der Waals surface area contributed by atoms with Crippen molar-refractivity contribution in [3.63, 3.8) is 0 Å². The molecule has 174 valence electrons. The van der Waals surface area contributed by atoms with Gasteiger partial charge in [0.15, 0.2) is 0 Å². The number of hydrogen-bond donors (Lipinski definition) is 0. The molecule has 3 aromatic rings. The van der Waals surface area contributed by atoms with Gasteiger partial charge in [0.05, 0.1) is 19.3 Å². The van der Waals surface area contributed by atoms with Crippen LogP contribution >= 0.6 is 0 Å². The molecule has 0 radical (unpaired) electrons. The summed E-state index contributed by atoms with van der Waals surface area (Å²) in [6, 6.07) is 11.8. The quantitative estimate of drug-likeness (QED) is 0.260. The molecule has 0 atom stereocenters. The predicted octanol–water partition coefficient (Wildman–Crippen LogP) is 3.59. The summed E-state index contributed by atoms with van der Waals surface area (Å²) in [7, 11) is 2.87. The monoisotopic (exact) mass is 454 g/mol. The van der Waals surface area contributed by atoms with Crippen molar-refractivity contribution < 1.29 is 33.0 Å². The van der Waals surface area contributed by atoms with Crippen molar-refractivity contribution in [3.05, 3.63) is 75.1 Å². The Bertz CT molecular complexity index is 1180. The topological polar surface area (TPSA) is 101 Å². The fraction of sp³-hybridized carbons (Fsp3) is 0.320. The maximum atomic E-state index is 12.1. The summed E-state index contributed by atoms with van der Waals surface area (Å²) in [5, 5.41) is 0.770. The molecule has 0 saturated carbocycles. The molecule has 0 spiro atoms. The summed E-state index contributed by atoms with van der Waals surface area (Å²) < 4.78 is 26.1. The molecule has 0 bridgehead atoms. The molecule has 0 fully saturated rings. The number of fused-ring (bicyclic) bond motifs is 1. The number of methoxy groups -OCH3 is 2. The largest absolute Gasteiger partial charge is 0.488 e.